The number of aromatic nitrogens is 1. The molecule has 0 aliphatic carbocycles. The molecule has 1 nitrogen and oxygen atoms in total. The van der Waals surface area contributed by atoms with Crippen LogP contribution in [0.15, 0.2) is 231 Å². The van der Waals surface area contributed by atoms with Gasteiger partial charge in [-0.25, -0.2) is 0 Å². The Kier molecular flexibility index (Phi) is 7.77. The summed E-state index contributed by atoms with van der Waals surface area (Å²) in [6.07, 6.45) is 0. The number of nitrogens with zero attached hydrogens (tertiary/aromatic N) is 1. The van der Waals surface area contributed by atoms with Gasteiger partial charge in [-0.05, 0) is 125 Å². The Morgan fingerprint density at radius 3 is 1.00 bits per heavy atom. The van der Waals surface area contributed by atoms with Gasteiger partial charge in [0.05, 0.1) is 0 Å². The fourth-order valence-corrected chi connectivity index (χ4v) is 10.6. The van der Waals surface area contributed by atoms with E-state index in [1.54, 1.807) is 0 Å². The second-order valence-electron chi connectivity index (χ2n) is 16.8. The number of hydrogen-bond acceptors (Lipinski definition) is 0. The predicted octanol–water partition coefficient (Wildman–Crippen LogP) is 14.4. The molecule has 0 saturated heterocycles. The summed E-state index contributed by atoms with van der Waals surface area (Å²) < 4.78 is 2.68. The van der Waals surface area contributed by atoms with E-state index in [9.17, 15) is 0 Å². The van der Waals surface area contributed by atoms with Crippen molar-refractivity contribution in [2.75, 3.05) is 0 Å². The van der Waals surface area contributed by atoms with E-state index >= 15 is 0 Å². The van der Waals surface area contributed by atoms with Crippen molar-refractivity contribution in [3.05, 3.63) is 231 Å². The summed E-state index contributed by atoms with van der Waals surface area (Å²) in [6.45, 7) is 0.0779. The summed E-state index contributed by atoms with van der Waals surface area (Å²) >= 11 is 0. The molecule has 0 fully saturated rings. The minimum Gasteiger partial charge on any atom is -0.375 e. The van der Waals surface area contributed by atoms with Crippen molar-refractivity contribution in [3.63, 3.8) is 0 Å². The standard InChI is InChI=1S/C60H38BN/c1-5-17-39(18-6-1)43-29-31-47(51(33-43)41-21-9-3-10-22-41)45-35-53-49-25-13-15-27-57(49)61-58-28-16-14-26-50(58)54-36-46(38-56-55(37-45)59(53)62(61)60(54)56)48-32-30-44(40-19-7-2-8-20-40)34-52(48)42-23-11-4-12-24-42/h1-38H. The first kappa shape index (κ1) is 34.9. The van der Waals surface area contributed by atoms with Crippen molar-refractivity contribution in [1.29, 1.82) is 0 Å². The van der Waals surface area contributed by atoms with E-state index in [0.717, 1.165) is 0 Å². The van der Waals surface area contributed by atoms with Crippen molar-refractivity contribution >= 4 is 39.6 Å². The van der Waals surface area contributed by atoms with Gasteiger partial charge in [0.25, 0.3) is 0 Å². The van der Waals surface area contributed by atoms with E-state index in [-0.39, 0.29) is 6.85 Å². The number of rotatable bonds is 6. The molecule has 2 heteroatoms. The van der Waals surface area contributed by atoms with E-state index < -0.39 is 0 Å². The molecule has 0 N–H and O–H groups in total. The fraction of sp³-hybridized carbons (Fsp3) is 0. The van der Waals surface area contributed by atoms with Crippen molar-refractivity contribution in [2.24, 2.45) is 0 Å². The Labute approximate surface area is 362 Å². The fourth-order valence-electron chi connectivity index (χ4n) is 10.6. The molecule has 13 rings (SSSR count). The molecule has 0 spiro atoms. The van der Waals surface area contributed by atoms with Gasteiger partial charge in [-0.3, -0.25) is 0 Å². The molecule has 0 unspecified atom stereocenters. The first-order valence-electron chi connectivity index (χ1n) is 21.6. The molecule has 11 aromatic rings. The molecule has 2 aliphatic rings. The van der Waals surface area contributed by atoms with Gasteiger partial charge in [0.2, 0.25) is 0 Å². The largest absolute Gasteiger partial charge is 0.375 e. The van der Waals surface area contributed by atoms with Crippen molar-refractivity contribution < 1.29 is 0 Å². The second-order valence-corrected chi connectivity index (χ2v) is 16.8. The predicted molar refractivity (Wildman–Crippen MR) is 263 cm³/mol. The monoisotopic (exact) mass is 783 g/mol. The summed E-state index contributed by atoms with van der Waals surface area (Å²) in [5.74, 6) is 0. The minimum absolute atomic E-state index is 0.0779. The highest BCUT2D eigenvalue weighted by Gasteiger charge is 2.39. The summed E-state index contributed by atoms with van der Waals surface area (Å²) in [6, 6.07) is 85.5. The second kappa shape index (κ2) is 13.8. The maximum atomic E-state index is 2.68. The Balaban J connectivity index is 1.13. The third-order valence-electron chi connectivity index (χ3n) is 13.4. The normalized spacial score (nSPS) is 12.2. The van der Waals surface area contributed by atoms with E-state index in [1.165, 1.54) is 122 Å². The molecular weight excluding hydrogens is 745 g/mol. The maximum Gasteiger partial charge on any atom is 0.329 e. The highest BCUT2D eigenvalue weighted by Crippen LogP contribution is 2.49. The zero-order chi connectivity index (χ0) is 40.7. The van der Waals surface area contributed by atoms with Gasteiger partial charge in [-0.1, -0.05) is 194 Å². The molecule has 0 radical (unpaired) electrons. The molecule has 286 valence electrons. The van der Waals surface area contributed by atoms with Crippen molar-refractivity contribution in [1.82, 2.24) is 4.48 Å². The summed E-state index contributed by atoms with van der Waals surface area (Å²) in [5.41, 5.74) is 25.2. The zero-order valence-electron chi connectivity index (χ0n) is 34.0. The van der Waals surface area contributed by atoms with Crippen LogP contribution in [0.25, 0.3) is 111 Å². The van der Waals surface area contributed by atoms with Gasteiger partial charge in [-0.2, -0.15) is 0 Å². The summed E-state index contributed by atoms with van der Waals surface area (Å²) in [4.78, 5) is 0. The van der Waals surface area contributed by atoms with Crippen LogP contribution < -0.4 is 10.9 Å². The highest BCUT2D eigenvalue weighted by atomic mass is 14.9. The Bertz CT molecular complexity index is 3320. The van der Waals surface area contributed by atoms with Crippen LogP contribution >= 0.6 is 0 Å². The van der Waals surface area contributed by atoms with Gasteiger partial charge in [0.15, 0.2) is 0 Å². The molecule has 2 aliphatic heterocycles. The third kappa shape index (κ3) is 5.30. The number of benzene rings is 10. The number of fused-ring (bicyclic) bond motifs is 7. The van der Waals surface area contributed by atoms with Crippen LogP contribution in [0.3, 0.4) is 0 Å². The molecule has 0 amide bonds. The van der Waals surface area contributed by atoms with E-state index in [4.69, 9.17) is 0 Å². The van der Waals surface area contributed by atoms with Crippen LogP contribution in [0.5, 0.6) is 0 Å². The van der Waals surface area contributed by atoms with Crippen LogP contribution in [-0.2, 0) is 0 Å². The molecule has 62 heavy (non-hydrogen) atoms. The highest BCUT2D eigenvalue weighted by molar-refractivity contribution is 6.88. The number of hydrogen-bond donors (Lipinski definition) is 0. The van der Waals surface area contributed by atoms with E-state index in [0.29, 0.717) is 0 Å². The van der Waals surface area contributed by atoms with Gasteiger partial charge in [0, 0.05) is 32.9 Å². The third-order valence-corrected chi connectivity index (χ3v) is 13.4. The van der Waals surface area contributed by atoms with E-state index in [2.05, 4.69) is 235 Å². The Hall–Kier alpha value is -7.94. The smallest absolute Gasteiger partial charge is 0.329 e. The summed E-state index contributed by atoms with van der Waals surface area (Å²) in [7, 11) is 0. The Morgan fingerprint density at radius 2 is 0.581 bits per heavy atom. The van der Waals surface area contributed by atoms with Gasteiger partial charge in [0.1, 0.15) is 0 Å². The lowest BCUT2D eigenvalue weighted by Gasteiger charge is -2.32. The molecule has 0 bridgehead atoms. The molecule has 10 aromatic carbocycles. The van der Waals surface area contributed by atoms with Crippen LogP contribution in [0.4, 0.5) is 0 Å². The molecule has 0 saturated carbocycles. The first-order chi connectivity index (χ1) is 30.8. The zero-order valence-corrected chi connectivity index (χ0v) is 34.0. The maximum absolute atomic E-state index is 2.68. The van der Waals surface area contributed by atoms with Crippen LogP contribution in [-0.4, -0.2) is 11.3 Å². The van der Waals surface area contributed by atoms with Crippen LogP contribution in [0, 0.1) is 0 Å². The average molecular weight is 784 g/mol. The summed E-state index contributed by atoms with van der Waals surface area (Å²) in [5, 5.41) is 2.58. The van der Waals surface area contributed by atoms with Gasteiger partial charge < -0.3 is 4.48 Å². The lowest BCUT2D eigenvalue weighted by molar-refractivity contribution is 1.31. The Morgan fingerprint density at radius 1 is 0.226 bits per heavy atom. The van der Waals surface area contributed by atoms with E-state index in [1.807, 2.05) is 0 Å². The van der Waals surface area contributed by atoms with Crippen LogP contribution in [0.2, 0.25) is 0 Å². The topological polar surface area (TPSA) is 4.93 Å². The van der Waals surface area contributed by atoms with Crippen molar-refractivity contribution in [2.45, 2.75) is 0 Å². The first-order valence-corrected chi connectivity index (χ1v) is 21.6. The molecule has 0 atom stereocenters. The molecule has 1 aromatic heterocycles. The molecule has 3 heterocycles. The van der Waals surface area contributed by atoms with Crippen molar-refractivity contribution in [3.8, 4) is 89.0 Å². The van der Waals surface area contributed by atoms with Crippen LogP contribution in [0.1, 0.15) is 0 Å². The lowest BCUT2D eigenvalue weighted by Crippen LogP contribution is -2.53. The van der Waals surface area contributed by atoms with Gasteiger partial charge >= 0.3 is 6.85 Å². The SMILES string of the molecule is c1ccc(-c2ccc(-c3cc4c5c(c3)c3cc(-c6ccc(-c7ccccc7)cc6-c6ccccc6)cc6c3n5B(c3ccccc3-4)c3ccccc3-6)c(-c3ccccc3)c2)cc1. The lowest BCUT2D eigenvalue weighted by atomic mass is 9.45. The van der Waals surface area contributed by atoms with Gasteiger partial charge in [-0.15, -0.1) is 0 Å². The molecular formula is C60H38BN. The quantitative estimate of drug-likeness (QED) is 0.148. The average Bonchev–Trinajstić information content (AvgIpc) is 3.69. The minimum atomic E-state index is 0.0779.